The minimum Gasteiger partial charge on any atom is -0.380 e. The fourth-order valence-corrected chi connectivity index (χ4v) is 7.35. The Morgan fingerprint density at radius 2 is 1.79 bits per heavy atom. The molecule has 0 radical (unpaired) electrons. The number of pyridine rings is 1. The van der Waals surface area contributed by atoms with Crippen molar-refractivity contribution in [2.24, 2.45) is 23.5 Å². The Hall–Kier alpha value is -4.36. The Morgan fingerprint density at radius 3 is 2.51 bits per heavy atom. The van der Waals surface area contributed by atoms with E-state index in [4.69, 9.17) is 5.73 Å². The molecule has 10 heteroatoms. The van der Waals surface area contributed by atoms with E-state index in [1.807, 2.05) is 12.1 Å². The zero-order valence-corrected chi connectivity index (χ0v) is 24.5. The highest BCUT2D eigenvalue weighted by Gasteiger charge is 2.47. The third kappa shape index (κ3) is 6.09. The van der Waals surface area contributed by atoms with Crippen LogP contribution in [0, 0.1) is 29.1 Å². The number of benzene rings is 1. The van der Waals surface area contributed by atoms with Gasteiger partial charge >= 0.3 is 0 Å². The van der Waals surface area contributed by atoms with E-state index < -0.39 is 0 Å². The van der Waals surface area contributed by atoms with Gasteiger partial charge in [0.15, 0.2) is 0 Å². The van der Waals surface area contributed by atoms with Gasteiger partial charge in [-0.2, -0.15) is 5.26 Å². The van der Waals surface area contributed by atoms with Crippen molar-refractivity contribution in [2.45, 2.75) is 50.6 Å². The summed E-state index contributed by atoms with van der Waals surface area (Å²) in [6, 6.07) is 10.4. The topological polar surface area (TPSA) is 139 Å². The second kappa shape index (κ2) is 12.5. The van der Waals surface area contributed by atoms with Gasteiger partial charge in [0.1, 0.15) is 11.9 Å². The molecule has 2 amide bonds. The first-order valence-electron chi connectivity index (χ1n) is 15.4. The van der Waals surface area contributed by atoms with Gasteiger partial charge in [0.25, 0.3) is 0 Å². The van der Waals surface area contributed by atoms with Crippen LogP contribution < -0.4 is 26.6 Å². The average molecular weight is 581 g/mol. The zero-order valence-electron chi connectivity index (χ0n) is 24.5. The molecular weight excluding hydrogens is 540 g/mol. The molecule has 2 aliphatic heterocycles. The number of carbonyl (C=O) groups is 2. The molecule has 0 spiro atoms. The predicted molar refractivity (Wildman–Crippen MR) is 169 cm³/mol. The molecule has 3 heterocycles. The number of aromatic nitrogens is 1. The minimum absolute atomic E-state index is 0.120. The lowest BCUT2D eigenvalue weighted by molar-refractivity contribution is -0.122. The van der Waals surface area contributed by atoms with Crippen LogP contribution >= 0.6 is 0 Å². The number of carbonyl (C=O) groups excluding carboxylic acids is 2. The second-order valence-electron chi connectivity index (χ2n) is 12.1. The summed E-state index contributed by atoms with van der Waals surface area (Å²) in [4.78, 5) is 34.1. The number of anilines is 5. The molecule has 4 atom stereocenters. The van der Waals surface area contributed by atoms with Crippen molar-refractivity contribution >= 4 is 40.4 Å². The molecule has 1 saturated carbocycles. The Morgan fingerprint density at radius 1 is 1.02 bits per heavy atom. The van der Waals surface area contributed by atoms with Crippen molar-refractivity contribution in [1.29, 1.82) is 5.26 Å². The maximum Gasteiger partial charge on any atom is 0.247 e. The summed E-state index contributed by atoms with van der Waals surface area (Å²) in [5, 5.41) is 19.5. The monoisotopic (exact) mass is 580 g/mol. The average Bonchev–Trinajstić information content (AvgIpc) is 3.65. The van der Waals surface area contributed by atoms with Crippen LogP contribution in [0.4, 0.5) is 28.6 Å². The lowest BCUT2D eigenvalue weighted by Gasteiger charge is -2.41. The van der Waals surface area contributed by atoms with Crippen LogP contribution in [-0.4, -0.2) is 60.0 Å². The summed E-state index contributed by atoms with van der Waals surface area (Å²) < 4.78 is 0. The fourth-order valence-electron chi connectivity index (χ4n) is 7.35. The Balaban J connectivity index is 1.20. The molecule has 1 aromatic carbocycles. The molecule has 2 aliphatic carbocycles. The van der Waals surface area contributed by atoms with Crippen LogP contribution in [0.2, 0.25) is 0 Å². The first-order valence-corrected chi connectivity index (χ1v) is 15.4. The number of hydrogen-bond donors (Lipinski definition) is 4. The van der Waals surface area contributed by atoms with E-state index in [0.717, 1.165) is 38.0 Å². The van der Waals surface area contributed by atoms with Crippen LogP contribution in [-0.2, 0) is 9.59 Å². The summed E-state index contributed by atoms with van der Waals surface area (Å²) in [5.41, 5.74) is 9.06. The maximum absolute atomic E-state index is 12.4. The summed E-state index contributed by atoms with van der Waals surface area (Å²) in [5.74, 6) is -0.171. The lowest BCUT2D eigenvalue weighted by Crippen LogP contribution is -2.46. The number of fused-ring (bicyclic) bond motifs is 2. The number of nitrogens with two attached hydrogens (primary N) is 1. The molecule has 5 N–H and O–H groups in total. The molecule has 224 valence electrons. The number of primary amides is 1. The quantitative estimate of drug-likeness (QED) is 0.253. The largest absolute Gasteiger partial charge is 0.380 e. The van der Waals surface area contributed by atoms with Gasteiger partial charge in [-0.15, -0.1) is 0 Å². The van der Waals surface area contributed by atoms with Gasteiger partial charge in [0, 0.05) is 43.1 Å². The molecular formula is C33H40N8O2. The van der Waals surface area contributed by atoms with Crippen LogP contribution in [0.5, 0.6) is 0 Å². The molecule has 6 rings (SSSR count). The van der Waals surface area contributed by atoms with E-state index in [-0.39, 0.29) is 35.6 Å². The van der Waals surface area contributed by atoms with Gasteiger partial charge in [-0.3, -0.25) is 9.59 Å². The van der Waals surface area contributed by atoms with Gasteiger partial charge < -0.3 is 31.5 Å². The molecule has 0 unspecified atom stereocenters. The number of hydrogen-bond acceptors (Lipinski definition) is 8. The highest BCUT2D eigenvalue weighted by molar-refractivity contribution is 6.02. The molecule has 2 bridgehead atoms. The summed E-state index contributed by atoms with van der Waals surface area (Å²) in [6.07, 6.45) is 14.1. The SMILES string of the molecule is C=CC(=O)Nc1cc(N2CCC(N3CCCCC3)CC2)ccc1Nc1cc(N[C@H]2[C@@H](C(N)=O)[C@@H]3C=C[C@H]2C3)c(C#N)cn1. The van der Waals surface area contributed by atoms with E-state index in [0.29, 0.717) is 34.5 Å². The van der Waals surface area contributed by atoms with E-state index in [1.165, 1.54) is 44.6 Å². The third-order valence-electron chi connectivity index (χ3n) is 9.58. The van der Waals surface area contributed by atoms with Gasteiger partial charge in [0.2, 0.25) is 11.8 Å². The predicted octanol–water partition coefficient (Wildman–Crippen LogP) is 4.36. The second-order valence-corrected chi connectivity index (χ2v) is 12.1. The number of nitrogens with zero attached hydrogens (tertiary/aromatic N) is 4. The zero-order chi connectivity index (χ0) is 29.9. The van der Waals surface area contributed by atoms with Crippen LogP contribution in [0.1, 0.15) is 44.1 Å². The molecule has 3 fully saturated rings. The smallest absolute Gasteiger partial charge is 0.247 e. The molecule has 4 aliphatic rings. The standard InChI is InChI=1S/C33H40N8O2/c1-2-30(42)38-28-17-25(41-14-10-24(11-15-41)40-12-4-3-5-13-40)8-9-26(28)37-29-18-27(23(19-34)20-36-29)39-32-22-7-6-21(16-22)31(32)33(35)43/h2,6-9,17-18,20-22,24,31-32H,1,3-5,10-16H2,(H2,35,43)(H,38,42)(H2,36,37,39)/t21-,22+,31+,32-/m1/s1. The van der Waals surface area contributed by atoms with Crippen LogP contribution in [0.25, 0.3) is 0 Å². The van der Waals surface area contributed by atoms with Crippen molar-refractivity contribution in [3.8, 4) is 6.07 Å². The maximum atomic E-state index is 12.4. The highest BCUT2D eigenvalue weighted by Crippen LogP contribution is 2.45. The molecule has 43 heavy (non-hydrogen) atoms. The van der Waals surface area contributed by atoms with E-state index >= 15 is 0 Å². The molecule has 1 aromatic heterocycles. The van der Waals surface area contributed by atoms with Crippen molar-refractivity contribution in [1.82, 2.24) is 9.88 Å². The van der Waals surface area contributed by atoms with Crippen molar-refractivity contribution in [3.05, 3.63) is 60.8 Å². The Labute approximate surface area is 253 Å². The van der Waals surface area contributed by atoms with Crippen molar-refractivity contribution in [2.75, 3.05) is 47.0 Å². The van der Waals surface area contributed by atoms with Crippen LogP contribution in [0.15, 0.2) is 55.3 Å². The van der Waals surface area contributed by atoms with Gasteiger partial charge in [-0.1, -0.05) is 25.2 Å². The number of rotatable bonds is 9. The lowest BCUT2D eigenvalue weighted by atomic mass is 9.88. The third-order valence-corrected chi connectivity index (χ3v) is 9.58. The highest BCUT2D eigenvalue weighted by atomic mass is 16.1. The number of likely N-dealkylation sites (tertiary alicyclic amines) is 1. The fraction of sp³-hybridized carbons (Fsp3) is 0.455. The first kappa shape index (κ1) is 28.7. The molecule has 2 saturated heterocycles. The van der Waals surface area contributed by atoms with Crippen molar-refractivity contribution in [3.63, 3.8) is 0 Å². The first-order chi connectivity index (χ1) is 20.9. The number of amides is 2. The van der Waals surface area contributed by atoms with Gasteiger partial charge in [0.05, 0.1) is 28.5 Å². The number of piperidine rings is 2. The van der Waals surface area contributed by atoms with E-state index in [1.54, 1.807) is 6.07 Å². The summed E-state index contributed by atoms with van der Waals surface area (Å²) >= 11 is 0. The van der Waals surface area contributed by atoms with E-state index in [2.05, 4.69) is 61.6 Å². The van der Waals surface area contributed by atoms with Crippen molar-refractivity contribution < 1.29 is 9.59 Å². The van der Waals surface area contributed by atoms with Crippen LogP contribution in [0.3, 0.4) is 0 Å². The Kier molecular flexibility index (Phi) is 8.34. The normalized spacial score (nSPS) is 25.2. The van der Waals surface area contributed by atoms with E-state index in [9.17, 15) is 14.9 Å². The van der Waals surface area contributed by atoms with Gasteiger partial charge in [-0.25, -0.2) is 4.98 Å². The van der Waals surface area contributed by atoms with Gasteiger partial charge in [-0.05, 0) is 81.3 Å². The summed E-state index contributed by atoms with van der Waals surface area (Å²) in [7, 11) is 0. The number of allylic oxidation sites excluding steroid dienone is 1. The minimum atomic E-state index is -0.335. The molecule has 10 nitrogen and oxygen atoms in total. The number of nitrogens with one attached hydrogen (secondary N) is 3. The summed E-state index contributed by atoms with van der Waals surface area (Å²) in [6.45, 7) is 7.99. The number of nitriles is 1. The Bertz CT molecular complexity index is 1450. The molecule has 2 aromatic rings.